The number of aliphatic carboxylic acids is 1. The smallest absolute Gasteiger partial charge is 0.326 e. The first kappa shape index (κ1) is 15.8. The predicted octanol–water partition coefficient (Wildman–Crippen LogP) is 1.36. The fourth-order valence-corrected chi connectivity index (χ4v) is 2.07. The van der Waals surface area contributed by atoms with E-state index in [1.807, 2.05) is 0 Å². The summed E-state index contributed by atoms with van der Waals surface area (Å²) in [6, 6.07) is -1.25. The molecule has 1 unspecified atom stereocenters. The monoisotopic (exact) mass is 272 g/mol. The van der Waals surface area contributed by atoms with Gasteiger partial charge in [-0.2, -0.15) is 0 Å². The minimum Gasteiger partial charge on any atom is -0.480 e. The van der Waals surface area contributed by atoms with Crippen molar-refractivity contribution in [2.24, 2.45) is 5.92 Å². The first-order chi connectivity index (χ1) is 9.13. The maximum atomic E-state index is 11.6. The summed E-state index contributed by atoms with van der Waals surface area (Å²) in [5.41, 5.74) is 0. The van der Waals surface area contributed by atoms with Crippen LogP contribution in [0, 0.1) is 5.92 Å². The summed E-state index contributed by atoms with van der Waals surface area (Å²) < 4.78 is 4.87. The normalized spacial score (nSPS) is 16.5. The van der Waals surface area contributed by atoms with Crippen molar-refractivity contribution in [2.45, 2.75) is 44.6 Å². The number of urea groups is 1. The molecule has 1 saturated carbocycles. The van der Waals surface area contributed by atoms with E-state index >= 15 is 0 Å². The zero-order valence-electron chi connectivity index (χ0n) is 11.5. The van der Waals surface area contributed by atoms with Crippen LogP contribution in [0.4, 0.5) is 4.79 Å². The van der Waals surface area contributed by atoms with Gasteiger partial charge in [0.2, 0.25) is 0 Å². The summed E-state index contributed by atoms with van der Waals surface area (Å²) in [6.45, 7) is 1.11. The molecule has 0 aromatic carbocycles. The van der Waals surface area contributed by atoms with Gasteiger partial charge in [0.25, 0.3) is 0 Å². The molecule has 0 aromatic rings. The Morgan fingerprint density at radius 3 is 2.68 bits per heavy atom. The molecule has 0 aromatic heterocycles. The number of rotatable bonds is 9. The van der Waals surface area contributed by atoms with Crippen LogP contribution in [0.15, 0.2) is 0 Å². The van der Waals surface area contributed by atoms with Crippen LogP contribution in [-0.2, 0) is 9.53 Å². The molecule has 0 radical (unpaired) electrons. The van der Waals surface area contributed by atoms with Crippen molar-refractivity contribution >= 4 is 12.0 Å². The molecule has 0 spiro atoms. The molecule has 1 aliphatic carbocycles. The molecule has 19 heavy (non-hydrogen) atoms. The van der Waals surface area contributed by atoms with Gasteiger partial charge in [-0.3, -0.25) is 0 Å². The van der Waals surface area contributed by atoms with Crippen molar-refractivity contribution in [2.75, 3.05) is 20.3 Å². The number of ether oxygens (including phenoxy) is 1. The van der Waals surface area contributed by atoms with Crippen molar-refractivity contribution in [1.29, 1.82) is 0 Å². The lowest BCUT2D eigenvalue weighted by Gasteiger charge is -2.25. The number of hydrogen-bond donors (Lipinski definition) is 3. The highest BCUT2D eigenvalue weighted by Gasteiger charge is 2.20. The van der Waals surface area contributed by atoms with Gasteiger partial charge in [-0.15, -0.1) is 0 Å². The molecule has 6 nitrogen and oxygen atoms in total. The second-order valence-electron chi connectivity index (χ2n) is 5.01. The van der Waals surface area contributed by atoms with Gasteiger partial charge >= 0.3 is 12.0 Å². The topological polar surface area (TPSA) is 87.7 Å². The fourth-order valence-electron chi connectivity index (χ4n) is 2.07. The van der Waals surface area contributed by atoms with Crippen LogP contribution in [0.2, 0.25) is 0 Å². The van der Waals surface area contributed by atoms with Crippen LogP contribution in [-0.4, -0.2) is 43.4 Å². The van der Waals surface area contributed by atoms with Gasteiger partial charge < -0.3 is 20.5 Å². The van der Waals surface area contributed by atoms with Gasteiger partial charge in [0, 0.05) is 20.3 Å². The van der Waals surface area contributed by atoms with Crippen molar-refractivity contribution in [3.63, 3.8) is 0 Å². The second-order valence-corrected chi connectivity index (χ2v) is 5.01. The lowest BCUT2D eigenvalue weighted by molar-refractivity contribution is -0.139. The highest BCUT2D eigenvalue weighted by molar-refractivity contribution is 5.82. The summed E-state index contributed by atoms with van der Waals surface area (Å²) in [4.78, 5) is 22.5. The average Bonchev–Trinajstić information content (AvgIpc) is 2.31. The zero-order chi connectivity index (χ0) is 14.1. The SMILES string of the molecule is COCCCC(NC(=O)NCCC1CCC1)C(=O)O. The van der Waals surface area contributed by atoms with E-state index in [-0.39, 0.29) is 0 Å². The fraction of sp³-hybridized carbons (Fsp3) is 0.846. The minimum atomic E-state index is -1.01. The summed E-state index contributed by atoms with van der Waals surface area (Å²) in [5, 5.41) is 14.2. The van der Waals surface area contributed by atoms with Crippen LogP contribution in [0.1, 0.15) is 38.5 Å². The van der Waals surface area contributed by atoms with Gasteiger partial charge in [-0.1, -0.05) is 19.3 Å². The van der Waals surface area contributed by atoms with Gasteiger partial charge in [-0.05, 0) is 25.2 Å². The second kappa shape index (κ2) is 8.74. The van der Waals surface area contributed by atoms with E-state index in [9.17, 15) is 9.59 Å². The van der Waals surface area contributed by atoms with Crippen molar-refractivity contribution < 1.29 is 19.4 Å². The molecule has 110 valence electrons. The third-order valence-electron chi connectivity index (χ3n) is 3.51. The number of carboxylic acid groups (broad SMARTS) is 1. The van der Waals surface area contributed by atoms with E-state index in [0.29, 0.717) is 26.0 Å². The van der Waals surface area contributed by atoms with Crippen molar-refractivity contribution in [3.8, 4) is 0 Å². The van der Waals surface area contributed by atoms with Crippen LogP contribution in [0.25, 0.3) is 0 Å². The zero-order valence-corrected chi connectivity index (χ0v) is 11.5. The van der Waals surface area contributed by atoms with Crippen LogP contribution < -0.4 is 10.6 Å². The van der Waals surface area contributed by atoms with E-state index in [4.69, 9.17) is 9.84 Å². The van der Waals surface area contributed by atoms with E-state index < -0.39 is 18.0 Å². The third-order valence-corrected chi connectivity index (χ3v) is 3.51. The quantitative estimate of drug-likeness (QED) is 0.553. The number of methoxy groups -OCH3 is 1. The Bertz CT molecular complexity index is 292. The van der Waals surface area contributed by atoms with Gasteiger partial charge in [0.15, 0.2) is 0 Å². The Labute approximate surface area is 113 Å². The average molecular weight is 272 g/mol. The van der Waals surface area contributed by atoms with Gasteiger partial charge in [-0.25, -0.2) is 9.59 Å². The number of amides is 2. The molecule has 0 heterocycles. The maximum Gasteiger partial charge on any atom is 0.326 e. The number of carbonyl (C=O) groups is 2. The standard InChI is InChI=1S/C13H24N2O4/c1-19-9-3-6-11(12(16)17)15-13(18)14-8-7-10-4-2-5-10/h10-11H,2-9H2,1H3,(H,16,17)(H2,14,15,18). The molecule has 6 heteroatoms. The molecule has 0 saturated heterocycles. The highest BCUT2D eigenvalue weighted by Crippen LogP contribution is 2.28. The molecular formula is C13H24N2O4. The first-order valence-electron chi connectivity index (χ1n) is 6.89. The summed E-state index contributed by atoms with van der Waals surface area (Å²) >= 11 is 0. The van der Waals surface area contributed by atoms with Crippen molar-refractivity contribution in [3.05, 3.63) is 0 Å². The Morgan fingerprint density at radius 2 is 2.16 bits per heavy atom. The lowest BCUT2D eigenvalue weighted by atomic mass is 9.83. The highest BCUT2D eigenvalue weighted by atomic mass is 16.5. The Kier molecular flexibility index (Phi) is 7.25. The Hall–Kier alpha value is -1.30. The number of nitrogens with one attached hydrogen (secondary N) is 2. The summed E-state index contributed by atoms with van der Waals surface area (Å²) in [6.07, 6.45) is 5.75. The lowest BCUT2D eigenvalue weighted by Crippen LogP contribution is -2.46. The molecule has 1 fully saturated rings. The van der Waals surface area contributed by atoms with Gasteiger partial charge in [0.05, 0.1) is 0 Å². The first-order valence-corrected chi connectivity index (χ1v) is 6.89. The van der Waals surface area contributed by atoms with E-state index in [2.05, 4.69) is 10.6 Å². The van der Waals surface area contributed by atoms with Crippen LogP contribution in [0.5, 0.6) is 0 Å². The predicted molar refractivity (Wildman–Crippen MR) is 71.0 cm³/mol. The van der Waals surface area contributed by atoms with E-state index in [1.165, 1.54) is 19.3 Å². The Balaban J connectivity index is 2.15. The number of hydrogen-bond acceptors (Lipinski definition) is 3. The molecule has 1 rings (SSSR count). The Morgan fingerprint density at radius 1 is 1.42 bits per heavy atom. The largest absolute Gasteiger partial charge is 0.480 e. The van der Waals surface area contributed by atoms with Gasteiger partial charge in [0.1, 0.15) is 6.04 Å². The third kappa shape index (κ3) is 6.42. The summed E-state index contributed by atoms with van der Waals surface area (Å²) in [7, 11) is 1.57. The molecule has 0 aliphatic heterocycles. The van der Waals surface area contributed by atoms with Crippen LogP contribution in [0.3, 0.4) is 0 Å². The number of carbonyl (C=O) groups excluding carboxylic acids is 1. The molecule has 3 N–H and O–H groups in total. The molecule has 1 atom stereocenters. The van der Waals surface area contributed by atoms with Crippen molar-refractivity contribution in [1.82, 2.24) is 10.6 Å². The van der Waals surface area contributed by atoms with Crippen LogP contribution >= 0.6 is 0 Å². The number of carboxylic acids is 1. The molecule has 2 amide bonds. The minimum absolute atomic E-state index is 0.374. The maximum absolute atomic E-state index is 11.6. The van der Waals surface area contributed by atoms with E-state index in [1.54, 1.807) is 7.11 Å². The molecule has 1 aliphatic rings. The summed E-state index contributed by atoms with van der Waals surface area (Å²) in [5.74, 6) is -0.275. The molecular weight excluding hydrogens is 248 g/mol. The van der Waals surface area contributed by atoms with E-state index in [0.717, 1.165) is 12.3 Å². The molecule has 0 bridgehead atoms.